The highest BCUT2D eigenvalue weighted by Crippen LogP contribution is 2.18. The predicted octanol–water partition coefficient (Wildman–Crippen LogP) is 3.37. The highest BCUT2D eigenvalue weighted by atomic mass is 35.5. The van der Waals surface area contributed by atoms with Gasteiger partial charge in [0, 0.05) is 16.8 Å². The molecule has 104 valence electrons. The lowest BCUT2D eigenvalue weighted by Gasteiger charge is -2.08. The Labute approximate surface area is 122 Å². The Balaban J connectivity index is 1.89. The van der Waals surface area contributed by atoms with Crippen molar-refractivity contribution >= 4 is 23.2 Å². The number of nitrogens with one attached hydrogen (secondary N) is 1. The summed E-state index contributed by atoms with van der Waals surface area (Å²) in [6, 6.07) is 14.0. The zero-order valence-corrected chi connectivity index (χ0v) is 11.7. The average molecular weight is 292 g/mol. The number of benzene rings is 2. The lowest BCUT2D eigenvalue weighted by Crippen LogP contribution is -2.20. The van der Waals surface area contributed by atoms with Crippen molar-refractivity contribution < 1.29 is 14.3 Å². The summed E-state index contributed by atoms with van der Waals surface area (Å²) < 4.78 is 10.4. The molecule has 0 saturated heterocycles. The second-order valence-corrected chi connectivity index (χ2v) is 4.46. The van der Waals surface area contributed by atoms with E-state index in [1.807, 2.05) is 0 Å². The first-order chi connectivity index (χ1) is 9.67. The van der Waals surface area contributed by atoms with E-state index in [1.54, 1.807) is 55.6 Å². The molecule has 0 fully saturated rings. The van der Waals surface area contributed by atoms with Gasteiger partial charge in [0.05, 0.1) is 7.11 Å². The predicted molar refractivity (Wildman–Crippen MR) is 78.6 cm³/mol. The Morgan fingerprint density at radius 2 is 1.90 bits per heavy atom. The summed E-state index contributed by atoms with van der Waals surface area (Å²) >= 11 is 5.83. The van der Waals surface area contributed by atoms with Crippen LogP contribution in [-0.4, -0.2) is 19.6 Å². The average Bonchev–Trinajstić information content (AvgIpc) is 2.45. The molecule has 0 bridgehead atoms. The third-order valence-electron chi connectivity index (χ3n) is 2.52. The summed E-state index contributed by atoms with van der Waals surface area (Å²) in [4.78, 5) is 11.8. The van der Waals surface area contributed by atoms with Crippen molar-refractivity contribution in [2.24, 2.45) is 0 Å². The first-order valence-electron chi connectivity index (χ1n) is 5.99. The Morgan fingerprint density at radius 3 is 2.65 bits per heavy atom. The smallest absolute Gasteiger partial charge is 0.262 e. The molecule has 0 saturated carbocycles. The van der Waals surface area contributed by atoms with Crippen LogP contribution >= 0.6 is 11.6 Å². The van der Waals surface area contributed by atoms with Crippen LogP contribution in [0.3, 0.4) is 0 Å². The third kappa shape index (κ3) is 4.17. The van der Waals surface area contributed by atoms with Gasteiger partial charge < -0.3 is 14.8 Å². The fraction of sp³-hybridized carbons (Fsp3) is 0.133. The van der Waals surface area contributed by atoms with Crippen LogP contribution in [0.4, 0.5) is 5.69 Å². The number of hydrogen-bond acceptors (Lipinski definition) is 3. The molecule has 0 aliphatic carbocycles. The van der Waals surface area contributed by atoms with E-state index in [4.69, 9.17) is 21.1 Å². The molecule has 0 spiro atoms. The van der Waals surface area contributed by atoms with Crippen molar-refractivity contribution in [2.75, 3.05) is 19.0 Å². The summed E-state index contributed by atoms with van der Waals surface area (Å²) in [6.07, 6.45) is 0. The highest BCUT2D eigenvalue weighted by Gasteiger charge is 2.04. The second kappa shape index (κ2) is 6.82. The highest BCUT2D eigenvalue weighted by molar-refractivity contribution is 6.30. The Kier molecular flexibility index (Phi) is 4.85. The van der Waals surface area contributed by atoms with E-state index in [0.717, 1.165) is 0 Å². The number of carbonyl (C=O) groups excluding carboxylic acids is 1. The number of methoxy groups -OCH3 is 1. The van der Waals surface area contributed by atoms with E-state index < -0.39 is 0 Å². The molecule has 0 heterocycles. The van der Waals surface area contributed by atoms with Gasteiger partial charge in [-0.25, -0.2) is 0 Å². The van der Waals surface area contributed by atoms with Crippen LogP contribution in [0.5, 0.6) is 11.5 Å². The maximum atomic E-state index is 11.8. The number of ether oxygens (including phenoxy) is 2. The van der Waals surface area contributed by atoms with Crippen LogP contribution in [0.1, 0.15) is 0 Å². The summed E-state index contributed by atoms with van der Waals surface area (Å²) in [5.74, 6) is 0.982. The number of hydrogen-bond donors (Lipinski definition) is 1. The molecule has 0 aromatic heterocycles. The monoisotopic (exact) mass is 291 g/mol. The number of anilines is 1. The summed E-state index contributed by atoms with van der Waals surface area (Å²) in [7, 11) is 1.57. The topological polar surface area (TPSA) is 47.6 Å². The van der Waals surface area contributed by atoms with Gasteiger partial charge >= 0.3 is 0 Å². The van der Waals surface area contributed by atoms with Gasteiger partial charge in [-0.3, -0.25) is 4.79 Å². The maximum Gasteiger partial charge on any atom is 0.262 e. The van der Waals surface area contributed by atoms with E-state index in [0.29, 0.717) is 22.2 Å². The van der Waals surface area contributed by atoms with Crippen LogP contribution in [-0.2, 0) is 4.79 Å². The number of rotatable bonds is 5. The Morgan fingerprint density at radius 1 is 1.15 bits per heavy atom. The van der Waals surface area contributed by atoms with Crippen molar-refractivity contribution in [3.8, 4) is 11.5 Å². The van der Waals surface area contributed by atoms with Crippen LogP contribution < -0.4 is 14.8 Å². The van der Waals surface area contributed by atoms with Gasteiger partial charge in [0.15, 0.2) is 6.61 Å². The maximum absolute atomic E-state index is 11.8. The van der Waals surface area contributed by atoms with Crippen molar-refractivity contribution in [1.29, 1.82) is 0 Å². The van der Waals surface area contributed by atoms with Crippen LogP contribution in [0.25, 0.3) is 0 Å². The molecule has 0 aliphatic rings. The third-order valence-corrected chi connectivity index (χ3v) is 2.75. The van der Waals surface area contributed by atoms with Gasteiger partial charge in [0.25, 0.3) is 5.91 Å². The first-order valence-corrected chi connectivity index (χ1v) is 6.37. The SMILES string of the molecule is COc1cccc(NC(=O)COc2cccc(Cl)c2)c1. The Bertz CT molecular complexity index is 601. The van der Waals surface area contributed by atoms with Crippen molar-refractivity contribution in [1.82, 2.24) is 0 Å². The molecular weight excluding hydrogens is 278 g/mol. The fourth-order valence-electron chi connectivity index (χ4n) is 1.60. The van der Waals surface area contributed by atoms with Gasteiger partial charge in [-0.1, -0.05) is 23.7 Å². The van der Waals surface area contributed by atoms with Crippen LogP contribution in [0, 0.1) is 0 Å². The quantitative estimate of drug-likeness (QED) is 0.919. The standard InChI is InChI=1S/C15H14ClNO3/c1-19-13-6-3-5-12(9-13)17-15(18)10-20-14-7-2-4-11(16)8-14/h2-9H,10H2,1H3,(H,17,18). The Hall–Kier alpha value is -2.20. The summed E-state index contributed by atoms with van der Waals surface area (Å²) in [5, 5.41) is 3.29. The summed E-state index contributed by atoms with van der Waals surface area (Å²) in [5.41, 5.74) is 0.657. The van der Waals surface area contributed by atoms with E-state index in [-0.39, 0.29) is 12.5 Å². The minimum atomic E-state index is -0.252. The molecule has 2 aromatic carbocycles. The number of halogens is 1. The molecule has 0 unspecified atom stereocenters. The minimum absolute atomic E-state index is 0.0858. The van der Waals surface area contributed by atoms with Gasteiger partial charge in [-0.15, -0.1) is 0 Å². The molecule has 4 nitrogen and oxygen atoms in total. The van der Waals surface area contributed by atoms with E-state index in [1.165, 1.54) is 0 Å². The molecule has 20 heavy (non-hydrogen) atoms. The van der Waals surface area contributed by atoms with E-state index in [9.17, 15) is 4.79 Å². The largest absolute Gasteiger partial charge is 0.497 e. The molecule has 1 N–H and O–H groups in total. The molecule has 0 atom stereocenters. The van der Waals surface area contributed by atoms with Crippen LogP contribution in [0.2, 0.25) is 5.02 Å². The minimum Gasteiger partial charge on any atom is -0.497 e. The second-order valence-electron chi connectivity index (χ2n) is 4.03. The zero-order chi connectivity index (χ0) is 14.4. The van der Waals surface area contributed by atoms with E-state index in [2.05, 4.69) is 5.32 Å². The van der Waals surface area contributed by atoms with E-state index >= 15 is 0 Å². The lowest BCUT2D eigenvalue weighted by molar-refractivity contribution is -0.118. The normalized spacial score (nSPS) is 9.90. The zero-order valence-electron chi connectivity index (χ0n) is 10.9. The number of amides is 1. The molecule has 5 heteroatoms. The first kappa shape index (κ1) is 14.2. The number of carbonyl (C=O) groups is 1. The van der Waals surface area contributed by atoms with Gasteiger partial charge in [-0.2, -0.15) is 0 Å². The van der Waals surface area contributed by atoms with Crippen molar-refractivity contribution in [2.45, 2.75) is 0 Å². The summed E-state index contributed by atoms with van der Waals surface area (Å²) in [6.45, 7) is -0.0858. The lowest BCUT2D eigenvalue weighted by atomic mass is 10.3. The van der Waals surface area contributed by atoms with Crippen molar-refractivity contribution in [3.05, 3.63) is 53.6 Å². The molecular formula is C15H14ClNO3. The molecule has 1 amide bonds. The molecule has 0 aliphatic heterocycles. The molecule has 2 rings (SSSR count). The van der Waals surface area contributed by atoms with Gasteiger partial charge in [0.1, 0.15) is 11.5 Å². The molecule has 0 radical (unpaired) electrons. The van der Waals surface area contributed by atoms with Gasteiger partial charge in [0.2, 0.25) is 0 Å². The van der Waals surface area contributed by atoms with Crippen molar-refractivity contribution in [3.63, 3.8) is 0 Å². The molecule has 2 aromatic rings. The fourth-order valence-corrected chi connectivity index (χ4v) is 1.78. The van der Waals surface area contributed by atoms with Crippen LogP contribution in [0.15, 0.2) is 48.5 Å². The van der Waals surface area contributed by atoms with Gasteiger partial charge in [-0.05, 0) is 30.3 Å².